The normalized spacial score (nSPS) is 14.0. The zero-order valence-corrected chi connectivity index (χ0v) is 19.4. The highest BCUT2D eigenvalue weighted by Gasteiger charge is 2.24. The molecule has 0 unspecified atom stereocenters. The number of nitro benzene ring substituents is 1. The van der Waals surface area contributed by atoms with Gasteiger partial charge < -0.3 is 9.80 Å². The van der Waals surface area contributed by atoms with Crippen LogP contribution < -0.4 is 9.62 Å². The number of amides is 1. The summed E-state index contributed by atoms with van der Waals surface area (Å²) in [6.45, 7) is 3.95. The number of sulfonamides is 1. The van der Waals surface area contributed by atoms with Crippen molar-refractivity contribution in [1.82, 2.24) is 4.90 Å². The van der Waals surface area contributed by atoms with Gasteiger partial charge >= 0.3 is 0 Å². The summed E-state index contributed by atoms with van der Waals surface area (Å²) >= 11 is 0. The molecule has 0 saturated carbocycles. The van der Waals surface area contributed by atoms with Gasteiger partial charge in [0.15, 0.2) is 0 Å². The quantitative estimate of drug-likeness (QED) is 0.426. The van der Waals surface area contributed by atoms with Crippen molar-refractivity contribution < 1.29 is 18.1 Å². The first-order valence-corrected chi connectivity index (χ1v) is 12.2. The standard InChI is InChI=1S/C24H24N4O5S/c1-18-5-7-20(8-6-18)25-34(32,33)23-4-2-3-19(17-23)24(29)27-15-13-26(14-16-27)21-9-11-22(12-10-21)28(30)31/h2-12,17,25H,13-16H2,1H3. The second-order valence-electron chi connectivity index (χ2n) is 8.05. The zero-order chi connectivity index (χ0) is 24.3. The maximum absolute atomic E-state index is 13.1. The van der Waals surface area contributed by atoms with Crippen molar-refractivity contribution >= 4 is 33.0 Å². The number of nitro groups is 1. The van der Waals surface area contributed by atoms with Gasteiger partial charge in [0.05, 0.1) is 9.82 Å². The molecule has 1 fully saturated rings. The average molecular weight is 481 g/mol. The van der Waals surface area contributed by atoms with Crippen molar-refractivity contribution in [1.29, 1.82) is 0 Å². The first-order chi connectivity index (χ1) is 16.2. The van der Waals surface area contributed by atoms with E-state index >= 15 is 0 Å². The Morgan fingerprint density at radius 3 is 2.21 bits per heavy atom. The minimum absolute atomic E-state index is 0.0171. The molecule has 0 spiro atoms. The Morgan fingerprint density at radius 2 is 1.59 bits per heavy atom. The van der Waals surface area contributed by atoms with Crippen LogP contribution in [0, 0.1) is 17.0 Å². The van der Waals surface area contributed by atoms with Crippen molar-refractivity contribution in [3.8, 4) is 0 Å². The number of hydrogen-bond acceptors (Lipinski definition) is 6. The van der Waals surface area contributed by atoms with Gasteiger partial charge in [-0.1, -0.05) is 23.8 Å². The van der Waals surface area contributed by atoms with Crippen molar-refractivity contribution in [2.75, 3.05) is 35.8 Å². The molecular formula is C24H24N4O5S. The number of carbonyl (C=O) groups is 1. The molecule has 1 amide bonds. The van der Waals surface area contributed by atoms with Crippen LogP contribution in [0.15, 0.2) is 77.7 Å². The first kappa shape index (κ1) is 23.2. The fourth-order valence-electron chi connectivity index (χ4n) is 3.77. The molecule has 1 aliphatic rings. The van der Waals surface area contributed by atoms with E-state index in [1.165, 1.54) is 24.3 Å². The number of nitrogens with one attached hydrogen (secondary N) is 1. The van der Waals surface area contributed by atoms with Crippen molar-refractivity contribution in [2.45, 2.75) is 11.8 Å². The lowest BCUT2D eigenvalue weighted by Gasteiger charge is -2.36. The second kappa shape index (κ2) is 9.52. The van der Waals surface area contributed by atoms with Gasteiger partial charge in [-0.2, -0.15) is 0 Å². The molecule has 0 bridgehead atoms. The van der Waals surface area contributed by atoms with Gasteiger partial charge in [0.1, 0.15) is 0 Å². The van der Waals surface area contributed by atoms with Crippen molar-refractivity contribution in [3.63, 3.8) is 0 Å². The number of carbonyl (C=O) groups excluding carboxylic acids is 1. The van der Waals surface area contributed by atoms with E-state index in [4.69, 9.17) is 0 Å². The number of benzene rings is 3. The van der Waals surface area contributed by atoms with E-state index in [2.05, 4.69) is 9.62 Å². The highest BCUT2D eigenvalue weighted by molar-refractivity contribution is 7.92. The molecule has 3 aromatic carbocycles. The summed E-state index contributed by atoms with van der Waals surface area (Å²) < 4.78 is 28.2. The summed E-state index contributed by atoms with van der Waals surface area (Å²) in [7, 11) is -3.84. The monoisotopic (exact) mass is 480 g/mol. The SMILES string of the molecule is Cc1ccc(NS(=O)(=O)c2cccc(C(=O)N3CCN(c4ccc([N+](=O)[O-])cc4)CC3)c2)cc1. The summed E-state index contributed by atoms with van der Waals surface area (Å²) in [4.78, 5) is 27.2. The zero-order valence-electron chi connectivity index (χ0n) is 18.5. The van der Waals surface area contributed by atoms with E-state index in [1.54, 1.807) is 41.3 Å². The molecule has 0 atom stereocenters. The van der Waals surface area contributed by atoms with Gasteiger partial charge in [-0.15, -0.1) is 0 Å². The van der Waals surface area contributed by atoms with E-state index in [0.29, 0.717) is 37.4 Å². The molecule has 3 aromatic rings. The number of aryl methyl sites for hydroxylation is 1. The first-order valence-electron chi connectivity index (χ1n) is 10.7. The van der Waals surface area contributed by atoms with Crippen LogP contribution in [0.2, 0.25) is 0 Å². The number of hydrogen-bond donors (Lipinski definition) is 1. The van der Waals surface area contributed by atoms with Crippen LogP contribution in [0.1, 0.15) is 15.9 Å². The molecule has 0 radical (unpaired) electrons. The van der Waals surface area contributed by atoms with Gasteiger partial charge in [0.25, 0.3) is 21.6 Å². The maximum Gasteiger partial charge on any atom is 0.269 e. The van der Waals surface area contributed by atoms with Crippen LogP contribution in [-0.2, 0) is 10.0 Å². The topological polar surface area (TPSA) is 113 Å². The van der Waals surface area contributed by atoms with Crippen molar-refractivity contribution in [3.05, 3.63) is 94.0 Å². The Balaban J connectivity index is 1.42. The Hall–Kier alpha value is -3.92. The van der Waals surface area contributed by atoms with Gasteiger partial charge in [-0.25, -0.2) is 8.42 Å². The van der Waals surface area contributed by atoms with Crippen LogP contribution in [0.3, 0.4) is 0 Å². The molecule has 0 aliphatic carbocycles. The summed E-state index contributed by atoms with van der Waals surface area (Å²) in [5, 5.41) is 10.8. The third kappa shape index (κ3) is 5.18. The smallest absolute Gasteiger partial charge is 0.269 e. The van der Waals surface area contributed by atoms with Gasteiger partial charge in [-0.05, 0) is 49.4 Å². The largest absolute Gasteiger partial charge is 0.368 e. The molecular weight excluding hydrogens is 456 g/mol. The summed E-state index contributed by atoms with van der Waals surface area (Å²) in [5.41, 5.74) is 2.65. The van der Waals surface area contributed by atoms with Crippen LogP contribution >= 0.6 is 0 Å². The van der Waals surface area contributed by atoms with E-state index < -0.39 is 14.9 Å². The van der Waals surface area contributed by atoms with Crippen LogP contribution in [-0.4, -0.2) is 50.3 Å². The third-order valence-corrected chi connectivity index (χ3v) is 7.07. The molecule has 176 valence electrons. The number of piperazine rings is 1. The lowest BCUT2D eigenvalue weighted by atomic mass is 10.1. The molecule has 1 N–H and O–H groups in total. The van der Waals surface area contributed by atoms with Crippen LogP contribution in [0.25, 0.3) is 0 Å². The second-order valence-corrected chi connectivity index (χ2v) is 9.73. The molecule has 34 heavy (non-hydrogen) atoms. The average Bonchev–Trinajstić information content (AvgIpc) is 2.85. The van der Waals surface area contributed by atoms with E-state index in [9.17, 15) is 23.3 Å². The van der Waals surface area contributed by atoms with E-state index in [-0.39, 0.29) is 16.5 Å². The van der Waals surface area contributed by atoms with E-state index in [1.807, 2.05) is 19.1 Å². The number of anilines is 2. The van der Waals surface area contributed by atoms with Gasteiger partial charge in [0, 0.05) is 55.2 Å². The Labute approximate surface area is 197 Å². The summed E-state index contributed by atoms with van der Waals surface area (Å²) in [5.74, 6) is -0.240. The minimum Gasteiger partial charge on any atom is -0.368 e. The van der Waals surface area contributed by atoms with Crippen molar-refractivity contribution in [2.24, 2.45) is 0 Å². The minimum atomic E-state index is -3.84. The van der Waals surface area contributed by atoms with Crippen LogP contribution in [0.5, 0.6) is 0 Å². The fourth-order valence-corrected chi connectivity index (χ4v) is 4.87. The number of non-ortho nitro benzene ring substituents is 1. The Morgan fingerprint density at radius 1 is 0.941 bits per heavy atom. The Kier molecular flexibility index (Phi) is 6.51. The molecule has 9 nitrogen and oxygen atoms in total. The fraction of sp³-hybridized carbons (Fsp3) is 0.208. The van der Waals surface area contributed by atoms with Gasteiger partial charge in [0.2, 0.25) is 0 Å². The predicted octanol–water partition coefficient (Wildman–Crippen LogP) is 3.67. The third-order valence-electron chi connectivity index (χ3n) is 5.69. The van der Waals surface area contributed by atoms with Gasteiger partial charge in [-0.3, -0.25) is 19.6 Å². The lowest BCUT2D eigenvalue weighted by Crippen LogP contribution is -2.48. The molecule has 1 saturated heterocycles. The highest BCUT2D eigenvalue weighted by Crippen LogP contribution is 2.22. The molecule has 1 heterocycles. The molecule has 10 heteroatoms. The summed E-state index contributed by atoms with van der Waals surface area (Å²) in [6, 6.07) is 19.3. The molecule has 4 rings (SSSR count). The molecule has 0 aromatic heterocycles. The predicted molar refractivity (Wildman–Crippen MR) is 130 cm³/mol. The number of nitrogens with zero attached hydrogens (tertiary/aromatic N) is 3. The van der Waals surface area contributed by atoms with Crippen LogP contribution in [0.4, 0.5) is 17.1 Å². The van der Waals surface area contributed by atoms with E-state index in [0.717, 1.165) is 11.3 Å². The molecule has 1 aliphatic heterocycles. The highest BCUT2D eigenvalue weighted by atomic mass is 32.2. The number of rotatable bonds is 6. The summed E-state index contributed by atoms with van der Waals surface area (Å²) in [6.07, 6.45) is 0. The Bertz CT molecular complexity index is 1300. The lowest BCUT2D eigenvalue weighted by molar-refractivity contribution is -0.384. The maximum atomic E-state index is 13.1.